The average molecular weight is 284 g/mol. The van der Waals surface area contributed by atoms with Crippen molar-refractivity contribution in [2.75, 3.05) is 5.75 Å². The fraction of sp³-hybridized carbons (Fsp3) is 0.800. The van der Waals surface area contributed by atoms with E-state index in [-0.39, 0.29) is 24.0 Å². The van der Waals surface area contributed by atoms with Crippen LogP contribution in [0.15, 0.2) is 5.22 Å². The Morgan fingerprint density at radius 2 is 2.37 bits per heavy atom. The highest BCUT2D eigenvalue weighted by molar-refractivity contribution is 8.00. The molecule has 2 heterocycles. The van der Waals surface area contributed by atoms with Crippen molar-refractivity contribution in [1.82, 2.24) is 16.1 Å². The summed E-state index contributed by atoms with van der Waals surface area (Å²) in [4.78, 5) is 24.8. The maximum absolute atomic E-state index is 11.2. The number of fused-ring (bicyclic) bond motifs is 1. The van der Waals surface area contributed by atoms with Crippen LogP contribution in [0.1, 0.15) is 25.7 Å². The Balaban J connectivity index is 1.62. The van der Waals surface area contributed by atoms with Gasteiger partial charge in [0.25, 0.3) is 0 Å². The van der Waals surface area contributed by atoms with Gasteiger partial charge in [-0.15, -0.1) is 5.53 Å². The minimum absolute atomic E-state index is 0.0750. The van der Waals surface area contributed by atoms with Crippen molar-refractivity contribution < 1.29 is 9.59 Å². The van der Waals surface area contributed by atoms with Crippen LogP contribution >= 0.6 is 11.8 Å². The highest BCUT2D eigenvalue weighted by Crippen LogP contribution is 2.33. The molecule has 9 heteroatoms. The fourth-order valence-electron chi connectivity index (χ4n) is 2.41. The molecule has 3 amide bonds. The molecule has 104 valence electrons. The van der Waals surface area contributed by atoms with E-state index in [0.29, 0.717) is 11.7 Å². The van der Waals surface area contributed by atoms with Gasteiger partial charge >= 0.3 is 11.9 Å². The van der Waals surface area contributed by atoms with Crippen LogP contribution in [0, 0.1) is 0 Å². The molecule has 2 fully saturated rings. The van der Waals surface area contributed by atoms with Crippen LogP contribution in [0.25, 0.3) is 10.4 Å². The number of carbonyl (C=O) groups is 2. The molecular weight excluding hydrogens is 268 g/mol. The number of rotatable bonds is 6. The Bertz CT molecular complexity index is 411. The lowest BCUT2D eigenvalue weighted by atomic mass is 10.0. The van der Waals surface area contributed by atoms with E-state index in [9.17, 15) is 9.59 Å². The van der Waals surface area contributed by atoms with Crippen LogP contribution < -0.4 is 16.1 Å². The SMILES string of the molecule is [N-]=[N+]=NNC(=O)CCCCC1SC[C@@H]2NC(=O)N[C@H]12. The van der Waals surface area contributed by atoms with Gasteiger partial charge in [0.2, 0.25) is 0 Å². The number of urea groups is 1. The van der Waals surface area contributed by atoms with E-state index in [4.69, 9.17) is 5.53 Å². The second kappa shape index (κ2) is 6.53. The van der Waals surface area contributed by atoms with Gasteiger partial charge in [-0.05, 0) is 18.1 Å². The summed E-state index contributed by atoms with van der Waals surface area (Å²) in [5, 5.41) is 9.26. The Hall–Kier alpha value is -1.60. The summed E-state index contributed by atoms with van der Waals surface area (Å²) in [6, 6.07) is 0.388. The van der Waals surface area contributed by atoms with E-state index >= 15 is 0 Å². The molecule has 8 nitrogen and oxygen atoms in total. The summed E-state index contributed by atoms with van der Waals surface area (Å²) < 4.78 is 0. The predicted octanol–water partition coefficient (Wildman–Crippen LogP) is 1.05. The zero-order valence-corrected chi connectivity index (χ0v) is 11.2. The molecule has 19 heavy (non-hydrogen) atoms. The third kappa shape index (κ3) is 3.68. The summed E-state index contributed by atoms with van der Waals surface area (Å²) in [5.74, 6) is 0.691. The Kier molecular flexibility index (Phi) is 4.75. The van der Waals surface area contributed by atoms with Gasteiger partial charge < -0.3 is 10.6 Å². The molecule has 0 spiro atoms. The highest BCUT2D eigenvalue weighted by atomic mass is 32.2. The van der Waals surface area contributed by atoms with Gasteiger partial charge in [-0.2, -0.15) is 22.1 Å². The van der Waals surface area contributed by atoms with Crippen molar-refractivity contribution in [1.29, 1.82) is 0 Å². The van der Waals surface area contributed by atoms with E-state index in [0.717, 1.165) is 25.0 Å². The quantitative estimate of drug-likeness (QED) is 0.169. The number of nitrogens with zero attached hydrogens (tertiary/aromatic N) is 3. The van der Waals surface area contributed by atoms with E-state index in [2.05, 4.69) is 26.2 Å². The van der Waals surface area contributed by atoms with Crippen molar-refractivity contribution in [2.45, 2.75) is 43.0 Å². The van der Waals surface area contributed by atoms with Gasteiger partial charge in [0.05, 0.1) is 12.1 Å². The van der Waals surface area contributed by atoms with Crippen molar-refractivity contribution >= 4 is 23.7 Å². The first-order valence-corrected chi connectivity index (χ1v) is 7.27. The second-order valence-corrected chi connectivity index (χ2v) is 5.86. The van der Waals surface area contributed by atoms with Crippen molar-refractivity contribution in [2.24, 2.45) is 5.22 Å². The fourth-order valence-corrected chi connectivity index (χ4v) is 3.95. The largest absolute Gasteiger partial charge is 0.332 e. The van der Waals surface area contributed by atoms with Crippen LogP contribution in [0.2, 0.25) is 0 Å². The molecule has 0 aromatic heterocycles. The molecule has 3 N–H and O–H groups in total. The third-order valence-electron chi connectivity index (χ3n) is 3.30. The molecule has 0 bridgehead atoms. The Labute approximate surface area is 114 Å². The lowest BCUT2D eigenvalue weighted by Gasteiger charge is -2.16. The van der Waals surface area contributed by atoms with E-state index in [1.807, 2.05) is 11.8 Å². The zero-order valence-electron chi connectivity index (χ0n) is 10.3. The summed E-state index contributed by atoms with van der Waals surface area (Å²) in [7, 11) is 0. The van der Waals surface area contributed by atoms with Crippen LogP contribution in [0.4, 0.5) is 4.79 Å². The number of amides is 3. The predicted molar refractivity (Wildman–Crippen MR) is 71.2 cm³/mol. The molecule has 2 aliphatic heterocycles. The van der Waals surface area contributed by atoms with Gasteiger partial charge in [-0.3, -0.25) is 0 Å². The normalized spacial score (nSPS) is 28.0. The second-order valence-electron chi connectivity index (χ2n) is 4.59. The van der Waals surface area contributed by atoms with Crippen LogP contribution in [0.5, 0.6) is 0 Å². The first-order valence-electron chi connectivity index (χ1n) is 6.22. The average Bonchev–Trinajstić information content (AvgIpc) is 2.92. The highest BCUT2D eigenvalue weighted by Gasteiger charge is 2.42. The van der Waals surface area contributed by atoms with Gasteiger partial charge in [0.1, 0.15) is 0 Å². The number of azide groups is 1. The number of carbonyl (C=O) groups excluding carboxylic acids is 2. The lowest BCUT2D eigenvalue weighted by Crippen LogP contribution is -2.36. The summed E-state index contributed by atoms with van der Waals surface area (Å²) in [6.07, 6.45) is 3.00. The molecule has 1 unspecified atom stereocenters. The first kappa shape index (κ1) is 13.8. The lowest BCUT2D eigenvalue weighted by molar-refractivity contribution is -0.121. The molecule has 0 aliphatic carbocycles. The summed E-state index contributed by atoms with van der Waals surface area (Å²) >= 11 is 1.86. The van der Waals surface area contributed by atoms with E-state index < -0.39 is 0 Å². The molecule has 2 saturated heterocycles. The van der Waals surface area contributed by atoms with Gasteiger partial charge in [0, 0.05) is 17.4 Å². The first-order chi connectivity index (χ1) is 9.20. The Morgan fingerprint density at radius 3 is 3.16 bits per heavy atom. The minimum Gasteiger partial charge on any atom is -0.332 e. The number of hydrogen-bond donors (Lipinski definition) is 3. The van der Waals surface area contributed by atoms with Crippen molar-refractivity contribution in [3.05, 3.63) is 10.4 Å². The molecule has 0 aromatic rings. The molecular formula is C10H16N6O2S. The maximum atomic E-state index is 11.2. The number of nitrogens with one attached hydrogen (secondary N) is 3. The minimum atomic E-state index is -0.259. The van der Waals surface area contributed by atoms with Gasteiger partial charge in [-0.1, -0.05) is 6.42 Å². The molecule has 2 aliphatic rings. The van der Waals surface area contributed by atoms with Crippen LogP contribution in [-0.2, 0) is 4.79 Å². The summed E-state index contributed by atoms with van der Waals surface area (Å²) in [6.45, 7) is 0. The molecule has 0 saturated carbocycles. The number of hydrogen-bond acceptors (Lipinski definition) is 4. The van der Waals surface area contributed by atoms with Crippen molar-refractivity contribution in [3.8, 4) is 0 Å². The van der Waals surface area contributed by atoms with E-state index in [1.165, 1.54) is 0 Å². The maximum Gasteiger partial charge on any atom is 0.315 e. The Morgan fingerprint density at radius 1 is 1.53 bits per heavy atom. The monoisotopic (exact) mass is 284 g/mol. The zero-order chi connectivity index (χ0) is 13.7. The molecule has 3 atom stereocenters. The van der Waals surface area contributed by atoms with Crippen LogP contribution in [-0.4, -0.2) is 35.0 Å². The third-order valence-corrected chi connectivity index (χ3v) is 4.81. The molecule has 0 radical (unpaired) electrons. The standard InChI is InChI=1S/C10H16N6O2S/c11-15-16-14-8(17)4-2-1-3-7-9-6(5-19-7)12-10(18)13-9/h6-7,9H,1-5H2,(H,14,17)(H2,12,13,18)/t6-,7?,9-/m0/s1. The van der Waals surface area contributed by atoms with Crippen molar-refractivity contribution in [3.63, 3.8) is 0 Å². The van der Waals surface area contributed by atoms with E-state index in [1.54, 1.807) is 0 Å². The number of unbranched alkanes of at least 4 members (excludes halogenated alkanes) is 1. The topological polar surface area (TPSA) is 119 Å². The molecule has 2 rings (SSSR count). The van der Waals surface area contributed by atoms with Crippen LogP contribution in [0.3, 0.4) is 0 Å². The smallest absolute Gasteiger partial charge is 0.315 e. The summed E-state index contributed by atoms with van der Waals surface area (Å²) in [5.41, 5.74) is 10.1. The number of thioether (sulfide) groups is 1. The van der Waals surface area contributed by atoms with Gasteiger partial charge in [0.15, 0.2) is 0 Å². The van der Waals surface area contributed by atoms with Gasteiger partial charge in [-0.25, -0.2) is 9.59 Å². The molecule has 0 aromatic carbocycles.